The number of hydrogen-bond acceptors (Lipinski definition) is 4. The number of halogens is 4. The lowest BCUT2D eigenvalue weighted by molar-refractivity contribution is -0.275. The topological polar surface area (TPSA) is 44.5 Å². The van der Waals surface area contributed by atoms with Crippen molar-refractivity contribution in [3.63, 3.8) is 0 Å². The number of hydrogen-bond donors (Lipinski definition) is 1. The molecular weight excluding hydrogens is 371 g/mol. The quantitative estimate of drug-likeness (QED) is 0.829. The number of benzene rings is 1. The molecule has 0 fully saturated rings. The van der Waals surface area contributed by atoms with E-state index < -0.39 is 12.5 Å². The first-order chi connectivity index (χ1) is 9.89. The minimum Gasteiger partial charge on any atom is -0.480 e. The fraction of sp³-hybridized carbons (Fsp3) is 0.231. The second kappa shape index (κ2) is 6.67. The molecule has 1 aromatic heterocycles. The third kappa shape index (κ3) is 4.62. The maximum absolute atomic E-state index is 12.4. The van der Waals surface area contributed by atoms with Crippen LogP contribution in [0.4, 0.5) is 13.2 Å². The Hall–Kier alpha value is -1.25. The zero-order valence-electron chi connectivity index (χ0n) is 10.6. The van der Waals surface area contributed by atoms with Crippen molar-refractivity contribution >= 4 is 27.3 Å². The molecule has 1 unspecified atom stereocenters. The molecule has 21 heavy (non-hydrogen) atoms. The van der Waals surface area contributed by atoms with Gasteiger partial charge in [0.2, 0.25) is 0 Å². The van der Waals surface area contributed by atoms with Gasteiger partial charge in [0, 0.05) is 11.4 Å². The number of ether oxygens (including phenoxy) is 2. The molecule has 1 aromatic carbocycles. The molecule has 114 valence electrons. The third-order valence-electron chi connectivity index (χ3n) is 2.47. The summed E-state index contributed by atoms with van der Waals surface area (Å²) in [5.74, 6) is -0.395. The second-order valence-corrected chi connectivity index (χ2v) is 6.47. The van der Waals surface area contributed by atoms with E-state index in [9.17, 15) is 13.2 Å². The molecule has 0 amide bonds. The summed E-state index contributed by atoms with van der Waals surface area (Å²) in [6.07, 6.45) is -5.32. The van der Waals surface area contributed by atoms with Crippen LogP contribution in [0, 0.1) is 0 Å². The average molecular weight is 382 g/mol. The van der Waals surface area contributed by atoms with Crippen LogP contribution in [0.1, 0.15) is 11.0 Å². The van der Waals surface area contributed by atoms with Gasteiger partial charge in [-0.05, 0) is 40.2 Å². The molecule has 2 aromatic rings. The highest BCUT2D eigenvalue weighted by atomic mass is 79.9. The molecule has 8 heteroatoms. The van der Waals surface area contributed by atoms with E-state index in [1.807, 2.05) is 6.07 Å². The van der Waals surface area contributed by atoms with Gasteiger partial charge in [0.15, 0.2) is 11.5 Å². The van der Waals surface area contributed by atoms with Crippen molar-refractivity contribution in [2.75, 3.05) is 6.54 Å². The maximum Gasteiger partial charge on any atom is 0.573 e. The third-order valence-corrected chi connectivity index (χ3v) is 4.19. The van der Waals surface area contributed by atoms with Crippen molar-refractivity contribution in [3.8, 4) is 11.5 Å². The van der Waals surface area contributed by atoms with Gasteiger partial charge in [-0.2, -0.15) is 0 Å². The molecule has 0 spiro atoms. The van der Waals surface area contributed by atoms with E-state index in [0.717, 1.165) is 8.66 Å². The Labute approximate surface area is 131 Å². The summed E-state index contributed by atoms with van der Waals surface area (Å²) >= 11 is 4.73. The standard InChI is InChI=1S/C13H11BrF3NO2S/c14-12-6-5-11(21-12)10(7-18)19-8-3-1-2-4-9(8)20-13(15,16)17/h1-6,10H,7,18H2. The van der Waals surface area contributed by atoms with Crippen LogP contribution in [0.5, 0.6) is 11.5 Å². The van der Waals surface area contributed by atoms with Gasteiger partial charge in [-0.1, -0.05) is 12.1 Å². The van der Waals surface area contributed by atoms with Gasteiger partial charge in [-0.25, -0.2) is 0 Å². The normalized spacial score (nSPS) is 13.0. The Bertz CT molecular complexity index is 603. The SMILES string of the molecule is NCC(Oc1ccccc1OC(F)(F)F)c1ccc(Br)s1. The average Bonchev–Trinajstić information content (AvgIpc) is 2.82. The Kier molecular flexibility index (Phi) is 5.13. The summed E-state index contributed by atoms with van der Waals surface area (Å²) in [5.41, 5.74) is 5.64. The first-order valence-corrected chi connectivity index (χ1v) is 7.46. The first kappa shape index (κ1) is 16.1. The Morgan fingerprint density at radius 2 is 1.81 bits per heavy atom. The minimum absolute atomic E-state index is 0.00482. The van der Waals surface area contributed by atoms with Crippen LogP contribution in [0.15, 0.2) is 40.2 Å². The van der Waals surface area contributed by atoms with Crippen molar-refractivity contribution in [3.05, 3.63) is 45.1 Å². The molecule has 1 heterocycles. The Balaban J connectivity index is 2.21. The lowest BCUT2D eigenvalue weighted by atomic mass is 10.2. The van der Waals surface area contributed by atoms with Gasteiger partial charge < -0.3 is 15.2 Å². The molecule has 0 aliphatic carbocycles. The fourth-order valence-electron chi connectivity index (χ4n) is 1.63. The molecule has 0 saturated heterocycles. The van der Waals surface area contributed by atoms with Gasteiger partial charge in [-0.15, -0.1) is 24.5 Å². The highest BCUT2D eigenvalue weighted by Gasteiger charge is 2.32. The van der Waals surface area contributed by atoms with Crippen molar-refractivity contribution in [1.29, 1.82) is 0 Å². The second-order valence-electron chi connectivity index (χ2n) is 3.98. The van der Waals surface area contributed by atoms with Crippen LogP contribution in [0.3, 0.4) is 0 Å². The van der Waals surface area contributed by atoms with Gasteiger partial charge in [0.05, 0.1) is 3.79 Å². The van der Waals surface area contributed by atoms with Gasteiger partial charge in [0.1, 0.15) is 6.10 Å². The Morgan fingerprint density at radius 1 is 1.14 bits per heavy atom. The van der Waals surface area contributed by atoms with Crippen molar-refractivity contribution < 1.29 is 22.6 Å². The zero-order valence-corrected chi connectivity index (χ0v) is 13.0. The zero-order chi connectivity index (χ0) is 15.5. The Morgan fingerprint density at radius 3 is 2.33 bits per heavy atom. The molecule has 0 aliphatic heterocycles. The van der Waals surface area contributed by atoms with Crippen molar-refractivity contribution in [1.82, 2.24) is 0 Å². The molecular formula is C13H11BrF3NO2S. The summed E-state index contributed by atoms with van der Waals surface area (Å²) in [4.78, 5) is 0.811. The highest BCUT2D eigenvalue weighted by Crippen LogP contribution is 2.36. The van der Waals surface area contributed by atoms with Crippen LogP contribution < -0.4 is 15.2 Å². The molecule has 0 radical (unpaired) electrons. The van der Waals surface area contributed by atoms with E-state index in [4.69, 9.17) is 10.5 Å². The van der Waals surface area contributed by atoms with Crippen molar-refractivity contribution in [2.24, 2.45) is 5.73 Å². The lowest BCUT2D eigenvalue weighted by Crippen LogP contribution is -2.20. The van der Waals surface area contributed by atoms with Gasteiger partial charge in [0.25, 0.3) is 0 Å². The summed E-state index contributed by atoms with van der Waals surface area (Å²) in [6.45, 7) is 0.132. The molecule has 0 saturated carbocycles. The molecule has 0 aliphatic rings. The van der Waals surface area contributed by atoms with E-state index in [0.29, 0.717) is 0 Å². The number of thiophene rings is 1. The lowest BCUT2D eigenvalue weighted by Gasteiger charge is -2.19. The smallest absolute Gasteiger partial charge is 0.480 e. The van der Waals surface area contributed by atoms with Crippen LogP contribution in [0.2, 0.25) is 0 Å². The molecule has 2 rings (SSSR count). The summed E-state index contributed by atoms with van der Waals surface area (Å²) in [5, 5.41) is 0. The first-order valence-electron chi connectivity index (χ1n) is 5.86. The van der Waals surface area contributed by atoms with Crippen LogP contribution >= 0.6 is 27.3 Å². The van der Waals surface area contributed by atoms with Crippen molar-refractivity contribution in [2.45, 2.75) is 12.5 Å². The molecule has 0 bridgehead atoms. The summed E-state index contributed by atoms with van der Waals surface area (Å²) in [7, 11) is 0. The predicted molar refractivity (Wildman–Crippen MR) is 77.6 cm³/mol. The number of nitrogens with two attached hydrogens (primary N) is 1. The fourth-order valence-corrected chi connectivity index (χ4v) is 3.10. The monoisotopic (exact) mass is 381 g/mol. The summed E-state index contributed by atoms with van der Waals surface area (Å²) < 4.78 is 47.5. The number of rotatable bonds is 5. The molecule has 3 nitrogen and oxygen atoms in total. The molecule has 2 N–H and O–H groups in total. The number of para-hydroxylation sites is 2. The van der Waals surface area contributed by atoms with E-state index >= 15 is 0 Å². The van der Waals surface area contributed by atoms with Gasteiger partial charge >= 0.3 is 6.36 Å². The highest BCUT2D eigenvalue weighted by molar-refractivity contribution is 9.11. The largest absolute Gasteiger partial charge is 0.573 e. The number of alkyl halides is 3. The van der Waals surface area contributed by atoms with Crippen LogP contribution in [-0.4, -0.2) is 12.9 Å². The van der Waals surface area contributed by atoms with E-state index in [2.05, 4.69) is 20.7 Å². The predicted octanol–water partition coefficient (Wildman–Crippen LogP) is 4.49. The van der Waals surface area contributed by atoms with E-state index in [-0.39, 0.29) is 18.0 Å². The van der Waals surface area contributed by atoms with E-state index in [1.54, 1.807) is 12.1 Å². The van der Waals surface area contributed by atoms with Crippen LogP contribution in [-0.2, 0) is 0 Å². The maximum atomic E-state index is 12.4. The van der Waals surface area contributed by atoms with E-state index in [1.165, 1.54) is 29.5 Å². The minimum atomic E-state index is -4.77. The van der Waals surface area contributed by atoms with Gasteiger partial charge in [-0.3, -0.25) is 0 Å². The van der Waals surface area contributed by atoms with Crippen LogP contribution in [0.25, 0.3) is 0 Å². The molecule has 1 atom stereocenters. The summed E-state index contributed by atoms with van der Waals surface area (Å²) in [6, 6.07) is 9.24.